The third-order valence-electron chi connectivity index (χ3n) is 5.75. The fraction of sp³-hybridized carbons (Fsp3) is 0.172. The van der Waals surface area contributed by atoms with E-state index in [1.807, 2.05) is 61.7 Å². The van der Waals surface area contributed by atoms with Crippen molar-refractivity contribution in [1.29, 1.82) is 5.26 Å². The number of aromatic amines is 1. The molecule has 7 heteroatoms. The number of para-hydroxylation sites is 1. The van der Waals surface area contributed by atoms with Crippen LogP contribution in [-0.2, 0) is 17.8 Å². The summed E-state index contributed by atoms with van der Waals surface area (Å²) in [6.45, 7) is 2.83. The second kappa shape index (κ2) is 11.6. The van der Waals surface area contributed by atoms with Gasteiger partial charge < -0.3 is 19.8 Å². The molecule has 0 spiro atoms. The van der Waals surface area contributed by atoms with E-state index < -0.39 is 5.91 Å². The van der Waals surface area contributed by atoms with E-state index in [0.717, 1.165) is 27.6 Å². The largest absolute Gasteiger partial charge is 0.493 e. The molecule has 36 heavy (non-hydrogen) atoms. The Kier molecular flexibility index (Phi) is 8.09. The zero-order valence-electron chi connectivity index (χ0n) is 20.1. The maximum Gasteiger partial charge on any atom is 0.261 e. The standard InChI is InChI=1S/C29H26BrN3O3/c1-19-6-5-7-20(12-19)18-36-28-25(30)14-21(15-27(28)35-2)13-23(16-31)29(34)32-11-10-22-17-33-26-9-4-3-8-24(22)26/h3-9,12-15,17,33H,10-11,18H2,1-2H3,(H,32,34)/b23-13-. The summed E-state index contributed by atoms with van der Waals surface area (Å²) in [7, 11) is 1.55. The quantitative estimate of drug-likeness (QED) is 0.197. The van der Waals surface area contributed by atoms with Crippen LogP contribution in [-0.4, -0.2) is 24.5 Å². The first kappa shape index (κ1) is 25.1. The summed E-state index contributed by atoms with van der Waals surface area (Å²) in [4.78, 5) is 15.9. The van der Waals surface area contributed by atoms with Crippen molar-refractivity contribution in [2.45, 2.75) is 20.0 Å². The first-order chi connectivity index (χ1) is 17.5. The number of carbonyl (C=O) groups excluding carboxylic acids is 1. The zero-order chi connectivity index (χ0) is 25.5. The van der Waals surface area contributed by atoms with Crippen LogP contribution in [0.15, 0.2) is 76.9 Å². The Hall–Kier alpha value is -4.02. The number of aromatic nitrogens is 1. The van der Waals surface area contributed by atoms with E-state index in [0.29, 0.717) is 41.1 Å². The summed E-state index contributed by atoms with van der Waals surface area (Å²) in [5.74, 6) is 0.630. The molecule has 4 aromatic rings. The summed E-state index contributed by atoms with van der Waals surface area (Å²) in [6, 6.07) is 21.7. The minimum Gasteiger partial charge on any atom is -0.493 e. The Bertz CT molecular complexity index is 1470. The highest BCUT2D eigenvalue weighted by molar-refractivity contribution is 9.10. The van der Waals surface area contributed by atoms with Gasteiger partial charge in [-0.15, -0.1) is 0 Å². The van der Waals surface area contributed by atoms with Gasteiger partial charge in [-0.2, -0.15) is 5.26 Å². The number of hydrogen-bond acceptors (Lipinski definition) is 4. The van der Waals surface area contributed by atoms with Crippen LogP contribution in [0, 0.1) is 18.3 Å². The molecule has 0 saturated heterocycles. The number of H-pyrrole nitrogens is 1. The van der Waals surface area contributed by atoms with Crippen molar-refractivity contribution in [3.63, 3.8) is 0 Å². The third kappa shape index (κ3) is 5.96. The molecule has 1 amide bonds. The van der Waals surface area contributed by atoms with Gasteiger partial charge in [-0.3, -0.25) is 4.79 Å². The molecule has 4 rings (SSSR count). The number of rotatable bonds is 9. The van der Waals surface area contributed by atoms with Gasteiger partial charge in [0, 0.05) is 23.6 Å². The lowest BCUT2D eigenvalue weighted by Crippen LogP contribution is -2.26. The predicted octanol–water partition coefficient (Wildman–Crippen LogP) is 6.09. The lowest BCUT2D eigenvalue weighted by molar-refractivity contribution is -0.117. The highest BCUT2D eigenvalue weighted by Gasteiger charge is 2.14. The van der Waals surface area contributed by atoms with Crippen LogP contribution in [0.1, 0.15) is 22.3 Å². The lowest BCUT2D eigenvalue weighted by Gasteiger charge is -2.14. The molecule has 3 aromatic carbocycles. The number of nitrogens with one attached hydrogen (secondary N) is 2. The summed E-state index contributed by atoms with van der Waals surface area (Å²) in [6.07, 6.45) is 4.14. The second-order valence-corrected chi connectivity index (χ2v) is 9.20. The minimum absolute atomic E-state index is 0.0105. The third-order valence-corrected chi connectivity index (χ3v) is 6.34. The van der Waals surface area contributed by atoms with Gasteiger partial charge in [-0.05, 0) is 70.2 Å². The Morgan fingerprint density at radius 1 is 1.17 bits per heavy atom. The number of hydrogen-bond donors (Lipinski definition) is 2. The topological polar surface area (TPSA) is 87.1 Å². The van der Waals surface area contributed by atoms with Crippen molar-refractivity contribution < 1.29 is 14.3 Å². The van der Waals surface area contributed by atoms with Crippen LogP contribution in [0.5, 0.6) is 11.5 Å². The van der Waals surface area contributed by atoms with E-state index >= 15 is 0 Å². The molecular weight excluding hydrogens is 518 g/mol. The molecule has 0 aliphatic carbocycles. The molecule has 0 unspecified atom stereocenters. The van der Waals surface area contributed by atoms with Gasteiger partial charge >= 0.3 is 0 Å². The summed E-state index contributed by atoms with van der Waals surface area (Å²) < 4.78 is 12.2. The average molecular weight is 544 g/mol. The monoisotopic (exact) mass is 543 g/mol. The SMILES string of the molecule is COc1cc(/C=C(/C#N)C(=O)NCCc2c[nH]c3ccccc23)cc(Br)c1OCc1cccc(C)c1. The number of halogens is 1. The Balaban J connectivity index is 1.44. The molecule has 1 aromatic heterocycles. The normalized spacial score (nSPS) is 11.2. The molecule has 0 fully saturated rings. The van der Waals surface area contributed by atoms with Crippen LogP contribution in [0.4, 0.5) is 0 Å². The molecule has 0 bridgehead atoms. The highest BCUT2D eigenvalue weighted by atomic mass is 79.9. The van der Waals surface area contributed by atoms with Crippen LogP contribution in [0.25, 0.3) is 17.0 Å². The van der Waals surface area contributed by atoms with Crippen molar-refractivity contribution in [3.8, 4) is 17.6 Å². The van der Waals surface area contributed by atoms with Gasteiger partial charge in [-0.25, -0.2) is 0 Å². The molecular formula is C29H26BrN3O3. The smallest absolute Gasteiger partial charge is 0.261 e. The zero-order valence-corrected chi connectivity index (χ0v) is 21.7. The van der Waals surface area contributed by atoms with Crippen LogP contribution < -0.4 is 14.8 Å². The fourth-order valence-corrected chi connectivity index (χ4v) is 4.55. The minimum atomic E-state index is -0.424. The van der Waals surface area contributed by atoms with E-state index in [1.165, 1.54) is 0 Å². The van der Waals surface area contributed by atoms with Crippen molar-refractivity contribution in [2.24, 2.45) is 0 Å². The van der Waals surface area contributed by atoms with Gasteiger partial charge in [0.25, 0.3) is 5.91 Å². The average Bonchev–Trinajstić information content (AvgIpc) is 3.29. The van der Waals surface area contributed by atoms with Crippen molar-refractivity contribution >= 4 is 38.8 Å². The number of methoxy groups -OCH3 is 1. The molecule has 0 saturated carbocycles. The molecule has 0 radical (unpaired) electrons. The Morgan fingerprint density at radius 2 is 2.00 bits per heavy atom. The Labute approximate surface area is 218 Å². The van der Waals surface area contributed by atoms with Crippen molar-refractivity contribution in [1.82, 2.24) is 10.3 Å². The number of carbonyl (C=O) groups is 1. The molecule has 0 aliphatic heterocycles. The summed E-state index contributed by atoms with van der Waals surface area (Å²) >= 11 is 3.54. The van der Waals surface area contributed by atoms with Crippen LogP contribution in [0.3, 0.4) is 0 Å². The second-order valence-electron chi connectivity index (χ2n) is 8.35. The number of aryl methyl sites for hydroxylation is 1. The number of amides is 1. The number of benzene rings is 3. The van der Waals surface area contributed by atoms with Gasteiger partial charge in [-0.1, -0.05) is 48.0 Å². The first-order valence-electron chi connectivity index (χ1n) is 11.5. The Morgan fingerprint density at radius 3 is 2.78 bits per heavy atom. The number of nitriles is 1. The van der Waals surface area contributed by atoms with E-state index in [2.05, 4.69) is 32.3 Å². The van der Waals surface area contributed by atoms with Gasteiger partial charge in [0.05, 0.1) is 11.6 Å². The van der Waals surface area contributed by atoms with Crippen LogP contribution in [0.2, 0.25) is 0 Å². The maximum atomic E-state index is 12.7. The fourth-order valence-electron chi connectivity index (χ4n) is 3.98. The van der Waals surface area contributed by atoms with E-state index in [-0.39, 0.29) is 5.57 Å². The molecule has 6 nitrogen and oxygen atoms in total. The van der Waals surface area contributed by atoms with E-state index in [1.54, 1.807) is 25.3 Å². The molecule has 182 valence electrons. The van der Waals surface area contributed by atoms with E-state index in [9.17, 15) is 10.1 Å². The molecule has 0 atom stereocenters. The first-order valence-corrected chi connectivity index (χ1v) is 12.3. The van der Waals surface area contributed by atoms with Crippen LogP contribution >= 0.6 is 15.9 Å². The molecule has 1 heterocycles. The number of ether oxygens (including phenoxy) is 2. The summed E-state index contributed by atoms with van der Waals surface area (Å²) in [5, 5.41) is 13.6. The number of fused-ring (bicyclic) bond motifs is 1. The van der Waals surface area contributed by atoms with E-state index in [4.69, 9.17) is 9.47 Å². The summed E-state index contributed by atoms with van der Waals surface area (Å²) in [5.41, 5.74) is 5.03. The van der Waals surface area contributed by atoms with Gasteiger partial charge in [0.15, 0.2) is 11.5 Å². The highest BCUT2D eigenvalue weighted by Crippen LogP contribution is 2.37. The maximum absolute atomic E-state index is 12.7. The predicted molar refractivity (Wildman–Crippen MR) is 145 cm³/mol. The van der Waals surface area contributed by atoms with Crippen molar-refractivity contribution in [2.75, 3.05) is 13.7 Å². The molecule has 0 aliphatic rings. The number of nitrogens with zero attached hydrogens (tertiary/aromatic N) is 1. The molecule has 2 N–H and O–H groups in total. The van der Waals surface area contributed by atoms with Crippen molar-refractivity contribution in [3.05, 3.63) is 99.2 Å². The lowest BCUT2D eigenvalue weighted by atomic mass is 10.1. The van der Waals surface area contributed by atoms with Gasteiger partial charge in [0.2, 0.25) is 0 Å². The van der Waals surface area contributed by atoms with Gasteiger partial charge in [0.1, 0.15) is 18.2 Å².